The zero-order chi connectivity index (χ0) is 18.6. The Morgan fingerprint density at radius 1 is 1.46 bits per heavy atom. The maximum Gasteiger partial charge on any atom is 0.191 e. The Morgan fingerprint density at radius 3 is 3.04 bits per heavy atom. The SMILES string of the molecule is CCNC(=NCC(SC)c1cccc(Cl)c1)NCCCOC1CCOC1. The quantitative estimate of drug-likeness (QED) is 0.358. The number of nitrogens with one attached hydrogen (secondary N) is 2. The van der Waals surface area contributed by atoms with E-state index >= 15 is 0 Å². The van der Waals surface area contributed by atoms with Gasteiger partial charge in [0.15, 0.2) is 5.96 Å². The number of aliphatic imine (C=N–C) groups is 1. The summed E-state index contributed by atoms with van der Waals surface area (Å²) in [5, 5.41) is 7.73. The van der Waals surface area contributed by atoms with Gasteiger partial charge in [0.2, 0.25) is 0 Å². The third kappa shape index (κ3) is 7.74. The molecule has 1 saturated heterocycles. The van der Waals surface area contributed by atoms with Gasteiger partial charge in [-0.25, -0.2) is 0 Å². The standard InChI is InChI=1S/C19H30ClN3O2S/c1-3-21-19(22-9-5-10-25-17-8-11-24-14-17)23-13-18(26-2)15-6-4-7-16(20)12-15/h4,6-7,12,17-18H,3,5,8-11,13-14H2,1-2H3,(H2,21,22,23). The molecular weight excluding hydrogens is 370 g/mol. The summed E-state index contributed by atoms with van der Waals surface area (Å²) in [4.78, 5) is 4.74. The molecule has 0 bridgehead atoms. The predicted molar refractivity (Wildman–Crippen MR) is 111 cm³/mol. The van der Waals surface area contributed by atoms with Crippen molar-refractivity contribution in [2.45, 2.75) is 31.1 Å². The zero-order valence-corrected chi connectivity index (χ0v) is 17.2. The highest BCUT2D eigenvalue weighted by atomic mass is 35.5. The first-order valence-corrected chi connectivity index (χ1v) is 10.9. The fraction of sp³-hybridized carbons (Fsp3) is 0.632. The monoisotopic (exact) mass is 399 g/mol. The van der Waals surface area contributed by atoms with Crippen molar-refractivity contribution in [1.82, 2.24) is 10.6 Å². The molecule has 7 heteroatoms. The molecule has 1 fully saturated rings. The van der Waals surface area contributed by atoms with E-state index in [1.807, 2.05) is 18.2 Å². The molecule has 5 nitrogen and oxygen atoms in total. The van der Waals surface area contributed by atoms with Crippen LogP contribution in [0.3, 0.4) is 0 Å². The largest absolute Gasteiger partial charge is 0.379 e. The minimum atomic E-state index is 0.275. The third-order valence-electron chi connectivity index (χ3n) is 4.12. The average molecular weight is 400 g/mol. The van der Waals surface area contributed by atoms with Crippen LogP contribution in [0.5, 0.6) is 0 Å². The van der Waals surface area contributed by atoms with Crippen molar-refractivity contribution in [2.75, 3.05) is 45.7 Å². The van der Waals surface area contributed by atoms with Gasteiger partial charge in [-0.1, -0.05) is 23.7 Å². The van der Waals surface area contributed by atoms with Gasteiger partial charge in [0.25, 0.3) is 0 Å². The highest BCUT2D eigenvalue weighted by molar-refractivity contribution is 7.98. The summed E-state index contributed by atoms with van der Waals surface area (Å²) in [5.74, 6) is 0.845. The maximum atomic E-state index is 6.11. The molecule has 1 heterocycles. The molecule has 1 aromatic rings. The van der Waals surface area contributed by atoms with E-state index in [-0.39, 0.29) is 11.4 Å². The highest BCUT2D eigenvalue weighted by Crippen LogP contribution is 2.28. The first kappa shape index (κ1) is 21.4. The molecule has 2 N–H and O–H groups in total. The zero-order valence-electron chi connectivity index (χ0n) is 15.7. The van der Waals surface area contributed by atoms with E-state index in [4.69, 9.17) is 26.1 Å². The van der Waals surface area contributed by atoms with E-state index in [1.54, 1.807) is 11.8 Å². The van der Waals surface area contributed by atoms with Crippen LogP contribution in [-0.4, -0.2) is 57.8 Å². The number of halogens is 1. The van der Waals surface area contributed by atoms with Crippen LogP contribution in [0.25, 0.3) is 0 Å². The van der Waals surface area contributed by atoms with E-state index in [1.165, 1.54) is 5.56 Å². The number of thioether (sulfide) groups is 1. The van der Waals surface area contributed by atoms with Crippen LogP contribution < -0.4 is 10.6 Å². The molecule has 0 amide bonds. The number of ether oxygens (including phenoxy) is 2. The van der Waals surface area contributed by atoms with E-state index in [2.05, 4.69) is 29.9 Å². The van der Waals surface area contributed by atoms with E-state index in [9.17, 15) is 0 Å². The maximum absolute atomic E-state index is 6.11. The van der Waals surface area contributed by atoms with Gasteiger partial charge in [0, 0.05) is 36.6 Å². The van der Waals surface area contributed by atoms with Crippen LogP contribution in [0.4, 0.5) is 0 Å². The highest BCUT2D eigenvalue weighted by Gasteiger charge is 2.15. The van der Waals surface area contributed by atoms with Crippen LogP contribution >= 0.6 is 23.4 Å². The molecular formula is C19H30ClN3O2S. The van der Waals surface area contributed by atoms with Gasteiger partial charge in [-0.2, -0.15) is 11.8 Å². The summed E-state index contributed by atoms with van der Waals surface area (Å²) in [6.07, 6.45) is 4.33. The second kappa shape index (κ2) is 12.4. The van der Waals surface area contributed by atoms with Crippen molar-refractivity contribution in [3.63, 3.8) is 0 Å². The molecule has 2 rings (SSSR count). The Bertz CT molecular complexity index is 553. The second-order valence-corrected chi connectivity index (χ2v) is 7.61. The van der Waals surface area contributed by atoms with Gasteiger partial charge < -0.3 is 20.1 Å². The summed E-state index contributed by atoms with van der Waals surface area (Å²) in [6.45, 7) is 6.75. The molecule has 0 aromatic heterocycles. The Morgan fingerprint density at radius 2 is 2.35 bits per heavy atom. The summed E-state index contributed by atoms with van der Waals surface area (Å²) in [6, 6.07) is 8.01. The van der Waals surface area contributed by atoms with E-state index < -0.39 is 0 Å². The van der Waals surface area contributed by atoms with Crippen LogP contribution in [0.1, 0.15) is 30.6 Å². The van der Waals surface area contributed by atoms with E-state index in [0.717, 1.165) is 56.7 Å². The van der Waals surface area contributed by atoms with Gasteiger partial charge >= 0.3 is 0 Å². The first-order chi connectivity index (χ1) is 12.7. The lowest BCUT2D eigenvalue weighted by Crippen LogP contribution is -2.38. The molecule has 1 aliphatic rings. The normalized spacial score (nSPS) is 18.7. The van der Waals surface area contributed by atoms with Crippen molar-refractivity contribution in [3.8, 4) is 0 Å². The molecule has 0 spiro atoms. The van der Waals surface area contributed by atoms with Crippen LogP contribution in [-0.2, 0) is 9.47 Å². The van der Waals surface area contributed by atoms with Crippen molar-refractivity contribution in [1.29, 1.82) is 0 Å². The fourth-order valence-electron chi connectivity index (χ4n) is 2.71. The number of benzene rings is 1. The molecule has 0 saturated carbocycles. The van der Waals surface area contributed by atoms with Gasteiger partial charge in [-0.3, -0.25) is 4.99 Å². The van der Waals surface area contributed by atoms with Crippen molar-refractivity contribution in [3.05, 3.63) is 34.9 Å². The topological polar surface area (TPSA) is 54.9 Å². The minimum absolute atomic E-state index is 0.275. The van der Waals surface area contributed by atoms with Crippen molar-refractivity contribution < 1.29 is 9.47 Å². The molecule has 1 aromatic carbocycles. The number of hydrogen-bond acceptors (Lipinski definition) is 4. The van der Waals surface area contributed by atoms with Crippen molar-refractivity contribution >= 4 is 29.3 Å². The number of hydrogen-bond donors (Lipinski definition) is 2. The van der Waals surface area contributed by atoms with Gasteiger partial charge in [0.05, 0.1) is 19.3 Å². The molecule has 2 unspecified atom stereocenters. The first-order valence-electron chi connectivity index (χ1n) is 9.22. The fourth-order valence-corrected chi connectivity index (χ4v) is 3.55. The molecule has 0 radical (unpaired) electrons. The van der Waals surface area contributed by atoms with Gasteiger partial charge in [-0.05, 0) is 43.7 Å². The molecule has 146 valence electrons. The third-order valence-corrected chi connectivity index (χ3v) is 5.34. The smallest absolute Gasteiger partial charge is 0.191 e. The number of rotatable bonds is 10. The number of guanidine groups is 1. The summed E-state index contributed by atoms with van der Waals surface area (Å²) < 4.78 is 11.1. The van der Waals surface area contributed by atoms with Crippen LogP contribution in [0.2, 0.25) is 5.02 Å². The lowest BCUT2D eigenvalue weighted by Gasteiger charge is -2.16. The van der Waals surface area contributed by atoms with E-state index in [0.29, 0.717) is 6.54 Å². The second-order valence-electron chi connectivity index (χ2n) is 6.14. The van der Waals surface area contributed by atoms with Crippen molar-refractivity contribution in [2.24, 2.45) is 4.99 Å². The lowest BCUT2D eigenvalue weighted by atomic mass is 10.1. The minimum Gasteiger partial charge on any atom is -0.379 e. The Hall–Kier alpha value is -0.950. The molecule has 1 aliphatic heterocycles. The van der Waals surface area contributed by atoms with Crippen LogP contribution in [0, 0.1) is 0 Å². The van der Waals surface area contributed by atoms with Crippen LogP contribution in [0.15, 0.2) is 29.3 Å². The molecule has 0 aliphatic carbocycles. The predicted octanol–water partition coefficient (Wildman–Crippen LogP) is 3.49. The Kier molecular flexibility index (Phi) is 10.2. The summed E-state index contributed by atoms with van der Waals surface area (Å²) in [7, 11) is 0. The Labute approximate surface area is 166 Å². The molecule has 2 atom stereocenters. The summed E-state index contributed by atoms with van der Waals surface area (Å²) >= 11 is 7.90. The average Bonchev–Trinajstić information content (AvgIpc) is 3.15. The number of nitrogens with zero attached hydrogens (tertiary/aromatic N) is 1. The summed E-state index contributed by atoms with van der Waals surface area (Å²) in [5.41, 5.74) is 1.21. The Balaban J connectivity index is 1.76. The van der Waals surface area contributed by atoms with Gasteiger partial charge in [-0.15, -0.1) is 0 Å². The molecule has 26 heavy (non-hydrogen) atoms. The lowest BCUT2D eigenvalue weighted by molar-refractivity contribution is 0.0420. The van der Waals surface area contributed by atoms with Gasteiger partial charge in [0.1, 0.15) is 0 Å².